The number of nitrogens with one attached hydrogen (secondary N) is 1. The molecule has 1 aromatic heterocycles. The molecule has 1 atom stereocenters. The maximum Gasteiger partial charge on any atom is 0.160 e. The van der Waals surface area contributed by atoms with Gasteiger partial charge in [-0.25, -0.2) is 0 Å². The van der Waals surface area contributed by atoms with E-state index in [4.69, 9.17) is 10.5 Å². The predicted octanol–water partition coefficient (Wildman–Crippen LogP) is 1.55. The second kappa shape index (κ2) is 5.56. The SMILES string of the molecule is CCC(CN)Nc1cc(C)ncc1OC. The standard InChI is InChI=1S/C11H19N3O/c1-4-9(6-12)14-10-5-8(2)13-7-11(10)15-3/h5,7,9H,4,6,12H2,1-3H3,(H,13,14). The number of methoxy groups -OCH3 is 1. The van der Waals surface area contributed by atoms with Gasteiger partial charge in [-0.2, -0.15) is 0 Å². The van der Waals surface area contributed by atoms with Crippen molar-refractivity contribution in [2.24, 2.45) is 5.73 Å². The number of rotatable bonds is 5. The summed E-state index contributed by atoms with van der Waals surface area (Å²) in [4.78, 5) is 4.17. The molecule has 0 aromatic carbocycles. The van der Waals surface area contributed by atoms with Crippen molar-refractivity contribution in [3.8, 4) is 5.75 Å². The van der Waals surface area contributed by atoms with Crippen LogP contribution in [0.1, 0.15) is 19.0 Å². The number of pyridine rings is 1. The highest BCUT2D eigenvalue weighted by molar-refractivity contribution is 5.56. The molecule has 0 spiro atoms. The van der Waals surface area contributed by atoms with Crippen LogP contribution < -0.4 is 15.8 Å². The summed E-state index contributed by atoms with van der Waals surface area (Å²) in [5.74, 6) is 0.757. The van der Waals surface area contributed by atoms with Gasteiger partial charge in [0.05, 0.1) is 19.0 Å². The van der Waals surface area contributed by atoms with Gasteiger partial charge in [-0.1, -0.05) is 6.92 Å². The average molecular weight is 209 g/mol. The third-order valence-electron chi connectivity index (χ3n) is 2.36. The van der Waals surface area contributed by atoms with Crippen LogP contribution in [0, 0.1) is 6.92 Å². The lowest BCUT2D eigenvalue weighted by atomic mass is 10.2. The van der Waals surface area contributed by atoms with Crippen molar-refractivity contribution < 1.29 is 4.74 Å². The van der Waals surface area contributed by atoms with Crippen molar-refractivity contribution in [1.82, 2.24) is 4.98 Å². The molecular weight excluding hydrogens is 190 g/mol. The van der Waals surface area contributed by atoms with Gasteiger partial charge in [0.15, 0.2) is 5.75 Å². The summed E-state index contributed by atoms with van der Waals surface area (Å²) in [6, 6.07) is 2.25. The lowest BCUT2D eigenvalue weighted by molar-refractivity contribution is 0.413. The maximum absolute atomic E-state index is 5.64. The van der Waals surface area contributed by atoms with E-state index in [1.165, 1.54) is 0 Å². The minimum atomic E-state index is 0.278. The third kappa shape index (κ3) is 3.09. The Morgan fingerprint density at radius 3 is 2.87 bits per heavy atom. The normalized spacial score (nSPS) is 12.3. The van der Waals surface area contributed by atoms with Gasteiger partial charge in [0.1, 0.15) is 0 Å². The number of ether oxygens (including phenoxy) is 1. The van der Waals surface area contributed by atoms with E-state index >= 15 is 0 Å². The predicted molar refractivity (Wildman–Crippen MR) is 62.3 cm³/mol. The molecular formula is C11H19N3O. The molecule has 0 aliphatic rings. The molecule has 1 heterocycles. The van der Waals surface area contributed by atoms with Gasteiger partial charge in [0.25, 0.3) is 0 Å². The van der Waals surface area contributed by atoms with Gasteiger partial charge >= 0.3 is 0 Å². The fraction of sp³-hybridized carbons (Fsp3) is 0.545. The monoisotopic (exact) mass is 209 g/mol. The van der Waals surface area contributed by atoms with Crippen LogP contribution in [0.3, 0.4) is 0 Å². The quantitative estimate of drug-likeness (QED) is 0.772. The first-order valence-electron chi connectivity index (χ1n) is 5.18. The highest BCUT2D eigenvalue weighted by Gasteiger charge is 2.08. The molecule has 0 radical (unpaired) electrons. The van der Waals surface area contributed by atoms with Gasteiger partial charge < -0.3 is 15.8 Å². The van der Waals surface area contributed by atoms with Gasteiger partial charge in [-0.3, -0.25) is 4.98 Å². The van der Waals surface area contributed by atoms with Gasteiger partial charge in [-0.05, 0) is 19.4 Å². The zero-order valence-corrected chi connectivity index (χ0v) is 9.58. The van der Waals surface area contributed by atoms with Crippen LogP contribution in [-0.4, -0.2) is 24.7 Å². The Labute approximate surface area is 90.8 Å². The van der Waals surface area contributed by atoms with Crippen LogP contribution >= 0.6 is 0 Å². The summed E-state index contributed by atoms with van der Waals surface area (Å²) in [5.41, 5.74) is 7.57. The Bertz CT molecular complexity index is 311. The molecule has 0 amide bonds. The Morgan fingerprint density at radius 2 is 2.33 bits per heavy atom. The van der Waals surface area contributed by atoms with Crippen molar-refractivity contribution in [2.75, 3.05) is 19.0 Å². The van der Waals surface area contributed by atoms with E-state index in [1.807, 2.05) is 13.0 Å². The number of hydrogen-bond donors (Lipinski definition) is 2. The average Bonchev–Trinajstić information content (AvgIpc) is 2.26. The molecule has 0 saturated heterocycles. The molecule has 3 N–H and O–H groups in total. The van der Waals surface area contributed by atoms with Gasteiger partial charge in [0, 0.05) is 18.3 Å². The molecule has 0 aliphatic heterocycles. The Morgan fingerprint density at radius 1 is 1.60 bits per heavy atom. The van der Waals surface area contributed by atoms with Crippen LogP contribution in [0.4, 0.5) is 5.69 Å². The molecule has 15 heavy (non-hydrogen) atoms. The fourth-order valence-corrected chi connectivity index (χ4v) is 1.37. The molecule has 4 nitrogen and oxygen atoms in total. The second-order valence-electron chi connectivity index (χ2n) is 3.51. The first-order chi connectivity index (χ1) is 7.21. The van der Waals surface area contributed by atoms with Gasteiger partial charge in [0.2, 0.25) is 0 Å². The van der Waals surface area contributed by atoms with E-state index in [2.05, 4.69) is 17.2 Å². The summed E-state index contributed by atoms with van der Waals surface area (Å²) < 4.78 is 5.22. The van der Waals surface area contributed by atoms with Crippen molar-refractivity contribution in [3.05, 3.63) is 18.0 Å². The fourth-order valence-electron chi connectivity index (χ4n) is 1.37. The van der Waals surface area contributed by atoms with Crippen LogP contribution in [-0.2, 0) is 0 Å². The zero-order valence-electron chi connectivity index (χ0n) is 9.58. The first-order valence-corrected chi connectivity index (χ1v) is 5.18. The van der Waals surface area contributed by atoms with Crippen LogP contribution in [0.15, 0.2) is 12.3 Å². The van der Waals surface area contributed by atoms with E-state index in [9.17, 15) is 0 Å². The van der Waals surface area contributed by atoms with Crippen LogP contribution in [0.25, 0.3) is 0 Å². The number of aryl methyl sites for hydroxylation is 1. The van der Waals surface area contributed by atoms with Crippen molar-refractivity contribution in [2.45, 2.75) is 26.3 Å². The van der Waals surface area contributed by atoms with Crippen molar-refractivity contribution in [3.63, 3.8) is 0 Å². The summed E-state index contributed by atoms with van der Waals surface area (Å²) in [7, 11) is 1.64. The molecule has 1 rings (SSSR count). The Kier molecular flexibility index (Phi) is 4.37. The molecule has 1 aromatic rings. The minimum Gasteiger partial charge on any atom is -0.493 e. The summed E-state index contributed by atoms with van der Waals surface area (Å²) in [5, 5.41) is 3.35. The first kappa shape index (κ1) is 11.8. The van der Waals surface area contributed by atoms with Gasteiger partial charge in [-0.15, -0.1) is 0 Å². The molecule has 0 bridgehead atoms. The number of nitrogens with two attached hydrogens (primary N) is 1. The van der Waals surface area contributed by atoms with E-state index in [0.29, 0.717) is 6.54 Å². The molecule has 4 heteroatoms. The molecule has 0 aliphatic carbocycles. The largest absolute Gasteiger partial charge is 0.493 e. The summed E-state index contributed by atoms with van der Waals surface area (Å²) in [6.45, 7) is 4.67. The van der Waals surface area contributed by atoms with Crippen LogP contribution in [0.2, 0.25) is 0 Å². The van der Waals surface area contributed by atoms with E-state index in [0.717, 1.165) is 23.6 Å². The smallest absolute Gasteiger partial charge is 0.160 e. The molecule has 0 fully saturated rings. The minimum absolute atomic E-state index is 0.278. The number of hydrogen-bond acceptors (Lipinski definition) is 4. The summed E-state index contributed by atoms with van der Waals surface area (Å²) >= 11 is 0. The maximum atomic E-state index is 5.64. The second-order valence-corrected chi connectivity index (χ2v) is 3.51. The lowest BCUT2D eigenvalue weighted by Crippen LogP contribution is -2.28. The Balaban J connectivity index is 2.86. The highest BCUT2D eigenvalue weighted by Crippen LogP contribution is 2.24. The van der Waals surface area contributed by atoms with E-state index in [-0.39, 0.29) is 6.04 Å². The number of nitrogens with zero attached hydrogens (tertiary/aromatic N) is 1. The third-order valence-corrected chi connectivity index (χ3v) is 2.36. The number of aromatic nitrogens is 1. The van der Waals surface area contributed by atoms with Crippen LogP contribution in [0.5, 0.6) is 5.75 Å². The van der Waals surface area contributed by atoms with Crippen molar-refractivity contribution in [1.29, 1.82) is 0 Å². The van der Waals surface area contributed by atoms with E-state index in [1.54, 1.807) is 13.3 Å². The topological polar surface area (TPSA) is 60.2 Å². The summed E-state index contributed by atoms with van der Waals surface area (Å²) in [6.07, 6.45) is 2.71. The van der Waals surface area contributed by atoms with E-state index < -0.39 is 0 Å². The van der Waals surface area contributed by atoms with Crippen molar-refractivity contribution >= 4 is 5.69 Å². The molecule has 84 valence electrons. The molecule has 1 unspecified atom stereocenters. The Hall–Kier alpha value is -1.29. The number of anilines is 1. The lowest BCUT2D eigenvalue weighted by Gasteiger charge is -2.18. The zero-order chi connectivity index (χ0) is 11.3. The highest BCUT2D eigenvalue weighted by atomic mass is 16.5. The molecule has 0 saturated carbocycles.